The second-order valence-electron chi connectivity index (χ2n) is 3.54. The van der Waals surface area contributed by atoms with Gasteiger partial charge in [-0.25, -0.2) is 4.79 Å². The van der Waals surface area contributed by atoms with Gasteiger partial charge in [-0.3, -0.25) is 0 Å². The topological polar surface area (TPSA) is 35.5 Å². The molecule has 0 unspecified atom stereocenters. The third-order valence-electron chi connectivity index (χ3n) is 2.10. The van der Waals surface area contributed by atoms with E-state index in [1.807, 2.05) is 30.3 Å². The van der Waals surface area contributed by atoms with Crippen molar-refractivity contribution in [1.29, 1.82) is 0 Å². The standard InChI is InChI=1S/C15H16O3S/c1-13(15(16)17-2)12-18-10-6-7-11-19-14-8-4-3-5-9-14/h3-5,8-9H,1,10-12H2,2H3. The first-order valence-corrected chi connectivity index (χ1v) is 6.70. The lowest BCUT2D eigenvalue weighted by Gasteiger charge is -2.01. The van der Waals surface area contributed by atoms with Crippen LogP contribution in [0.5, 0.6) is 0 Å². The van der Waals surface area contributed by atoms with E-state index in [2.05, 4.69) is 23.2 Å². The number of methoxy groups -OCH3 is 1. The van der Waals surface area contributed by atoms with Crippen molar-refractivity contribution in [1.82, 2.24) is 0 Å². The van der Waals surface area contributed by atoms with Gasteiger partial charge in [0.2, 0.25) is 0 Å². The number of ether oxygens (including phenoxy) is 2. The van der Waals surface area contributed by atoms with Crippen LogP contribution in [-0.4, -0.2) is 32.0 Å². The number of carbonyl (C=O) groups is 1. The highest BCUT2D eigenvalue weighted by Gasteiger charge is 2.04. The second-order valence-corrected chi connectivity index (χ2v) is 4.59. The predicted octanol–water partition coefficient (Wildman–Crippen LogP) is 2.53. The number of thioether (sulfide) groups is 1. The van der Waals surface area contributed by atoms with Crippen molar-refractivity contribution in [2.45, 2.75) is 4.90 Å². The van der Waals surface area contributed by atoms with Gasteiger partial charge >= 0.3 is 5.97 Å². The summed E-state index contributed by atoms with van der Waals surface area (Å²) in [6.45, 7) is 3.98. The van der Waals surface area contributed by atoms with Gasteiger partial charge in [0.1, 0.15) is 6.61 Å². The molecule has 1 aromatic carbocycles. The van der Waals surface area contributed by atoms with E-state index >= 15 is 0 Å². The molecule has 100 valence electrons. The second kappa shape index (κ2) is 9.26. The molecule has 0 bridgehead atoms. The number of esters is 1. The first kappa shape index (κ1) is 15.4. The van der Waals surface area contributed by atoms with Gasteiger partial charge in [-0.05, 0) is 12.1 Å². The van der Waals surface area contributed by atoms with E-state index in [4.69, 9.17) is 4.74 Å². The Morgan fingerprint density at radius 1 is 1.32 bits per heavy atom. The Kier molecular flexibility index (Phi) is 7.48. The maximum absolute atomic E-state index is 11.0. The van der Waals surface area contributed by atoms with E-state index in [-0.39, 0.29) is 13.2 Å². The molecule has 0 amide bonds. The van der Waals surface area contributed by atoms with E-state index in [1.165, 1.54) is 12.0 Å². The Balaban J connectivity index is 2.12. The monoisotopic (exact) mass is 276 g/mol. The lowest BCUT2D eigenvalue weighted by Crippen LogP contribution is -2.09. The molecular formula is C15H16O3S. The maximum atomic E-state index is 11.0. The highest BCUT2D eigenvalue weighted by molar-refractivity contribution is 7.99. The molecule has 0 aliphatic heterocycles. The smallest absolute Gasteiger partial charge is 0.335 e. The van der Waals surface area contributed by atoms with Crippen molar-refractivity contribution < 1.29 is 14.3 Å². The summed E-state index contributed by atoms with van der Waals surface area (Å²) in [6.07, 6.45) is 0. The van der Waals surface area contributed by atoms with Crippen LogP contribution in [0, 0.1) is 11.8 Å². The summed E-state index contributed by atoms with van der Waals surface area (Å²) in [6, 6.07) is 10.1. The minimum Gasteiger partial charge on any atom is -0.466 e. The molecule has 0 spiro atoms. The van der Waals surface area contributed by atoms with Gasteiger partial charge < -0.3 is 9.47 Å². The van der Waals surface area contributed by atoms with Gasteiger partial charge in [0.25, 0.3) is 0 Å². The molecule has 0 heterocycles. The first-order chi connectivity index (χ1) is 9.24. The summed E-state index contributed by atoms with van der Waals surface area (Å²) < 4.78 is 9.69. The van der Waals surface area contributed by atoms with Crippen molar-refractivity contribution in [3.8, 4) is 11.8 Å². The van der Waals surface area contributed by atoms with E-state index in [1.54, 1.807) is 11.8 Å². The summed E-state index contributed by atoms with van der Waals surface area (Å²) in [5.74, 6) is 6.14. The van der Waals surface area contributed by atoms with Gasteiger partial charge in [0.15, 0.2) is 0 Å². The SMILES string of the molecule is C=C(COCC#CCSc1ccccc1)C(=O)OC. The average molecular weight is 276 g/mol. The van der Waals surface area contributed by atoms with Crippen LogP contribution in [0.25, 0.3) is 0 Å². The van der Waals surface area contributed by atoms with Crippen LogP contribution in [0.15, 0.2) is 47.4 Å². The average Bonchev–Trinajstić information content (AvgIpc) is 2.46. The zero-order valence-corrected chi connectivity index (χ0v) is 11.7. The van der Waals surface area contributed by atoms with Gasteiger partial charge in [-0.2, -0.15) is 0 Å². The van der Waals surface area contributed by atoms with Crippen LogP contribution in [0.2, 0.25) is 0 Å². The fraction of sp³-hybridized carbons (Fsp3) is 0.267. The lowest BCUT2D eigenvalue weighted by atomic mass is 10.3. The molecule has 0 N–H and O–H groups in total. The number of hydrogen-bond acceptors (Lipinski definition) is 4. The predicted molar refractivity (Wildman–Crippen MR) is 76.9 cm³/mol. The van der Waals surface area contributed by atoms with Crippen molar-refractivity contribution >= 4 is 17.7 Å². The van der Waals surface area contributed by atoms with E-state index in [0.29, 0.717) is 11.3 Å². The Bertz CT molecular complexity index is 471. The van der Waals surface area contributed by atoms with Crippen LogP contribution in [0.1, 0.15) is 0 Å². The Hall–Kier alpha value is -1.70. The molecule has 3 nitrogen and oxygen atoms in total. The number of carbonyl (C=O) groups excluding carboxylic acids is 1. The van der Waals surface area contributed by atoms with Gasteiger partial charge in [0.05, 0.1) is 25.0 Å². The third kappa shape index (κ3) is 6.70. The van der Waals surface area contributed by atoms with Crippen molar-refractivity contribution in [2.75, 3.05) is 26.1 Å². The minimum atomic E-state index is -0.451. The molecule has 1 aromatic rings. The summed E-state index contributed by atoms with van der Waals surface area (Å²) in [4.78, 5) is 12.2. The van der Waals surface area contributed by atoms with E-state index in [0.717, 1.165) is 0 Å². The lowest BCUT2D eigenvalue weighted by molar-refractivity contribution is -0.136. The molecule has 1 rings (SSSR count). The van der Waals surface area contributed by atoms with Crippen molar-refractivity contribution in [3.05, 3.63) is 42.5 Å². The van der Waals surface area contributed by atoms with Crippen molar-refractivity contribution in [3.63, 3.8) is 0 Å². The maximum Gasteiger partial charge on any atom is 0.335 e. The van der Waals surface area contributed by atoms with E-state index in [9.17, 15) is 4.79 Å². The molecule has 0 aromatic heterocycles. The molecule has 0 saturated heterocycles. The van der Waals surface area contributed by atoms with Crippen LogP contribution >= 0.6 is 11.8 Å². The summed E-state index contributed by atoms with van der Waals surface area (Å²) >= 11 is 1.67. The Morgan fingerprint density at radius 3 is 2.74 bits per heavy atom. The van der Waals surface area contributed by atoms with Crippen LogP contribution < -0.4 is 0 Å². The van der Waals surface area contributed by atoms with E-state index < -0.39 is 5.97 Å². The zero-order chi connectivity index (χ0) is 13.9. The minimum absolute atomic E-state index is 0.146. The van der Waals surface area contributed by atoms with Crippen LogP contribution in [-0.2, 0) is 14.3 Å². The van der Waals surface area contributed by atoms with Gasteiger partial charge in [-0.1, -0.05) is 36.6 Å². The molecule has 0 radical (unpaired) electrons. The number of hydrogen-bond donors (Lipinski definition) is 0. The van der Waals surface area contributed by atoms with Gasteiger partial charge in [0, 0.05) is 4.90 Å². The highest BCUT2D eigenvalue weighted by Crippen LogP contribution is 2.15. The fourth-order valence-corrected chi connectivity index (χ4v) is 1.86. The quantitative estimate of drug-likeness (QED) is 0.263. The summed E-state index contributed by atoms with van der Waals surface area (Å²) in [5, 5.41) is 0. The largest absolute Gasteiger partial charge is 0.466 e. The molecule has 0 fully saturated rings. The summed E-state index contributed by atoms with van der Waals surface area (Å²) in [5.41, 5.74) is 0.294. The fourth-order valence-electron chi connectivity index (χ4n) is 1.17. The zero-order valence-electron chi connectivity index (χ0n) is 10.8. The molecule has 0 aliphatic rings. The molecule has 0 saturated carbocycles. The summed E-state index contributed by atoms with van der Waals surface area (Å²) in [7, 11) is 1.31. The third-order valence-corrected chi connectivity index (χ3v) is 3.00. The van der Waals surface area contributed by atoms with Crippen LogP contribution in [0.3, 0.4) is 0 Å². The molecule has 19 heavy (non-hydrogen) atoms. The molecule has 4 heteroatoms. The number of benzene rings is 1. The highest BCUT2D eigenvalue weighted by atomic mass is 32.2. The number of rotatable bonds is 6. The normalized spacial score (nSPS) is 9.32. The van der Waals surface area contributed by atoms with Gasteiger partial charge in [-0.15, -0.1) is 11.8 Å². The molecule has 0 atom stereocenters. The van der Waals surface area contributed by atoms with Crippen molar-refractivity contribution in [2.24, 2.45) is 0 Å². The molecular weight excluding hydrogens is 260 g/mol. The van der Waals surface area contributed by atoms with Crippen LogP contribution in [0.4, 0.5) is 0 Å². The first-order valence-electron chi connectivity index (χ1n) is 5.71. The molecule has 0 aliphatic carbocycles. The Labute approximate surface area is 118 Å². The Morgan fingerprint density at radius 2 is 2.05 bits per heavy atom.